The summed E-state index contributed by atoms with van der Waals surface area (Å²) >= 11 is 1.05. The second kappa shape index (κ2) is 5.66. The molecule has 4 rings (SSSR count). The molecule has 0 aliphatic heterocycles. The van der Waals surface area contributed by atoms with Crippen LogP contribution in [0.4, 0.5) is 13.2 Å². The summed E-state index contributed by atoms with van der Waals surface area (Å²) < 4.78 is 41.6. The molecule has 3 heterocycles. The Labute approximate surface area is 149 Å². The third kappa shape index (κ3) is 2.68. The maximum atomic E-state index is 13.1. The lowest BCUT2D eigenvalue weighted by Crippen LogP contribution is -2.09. The van der Waals surface area contributed by atoms with E-state index in [1.54, 1.807) is 22.8 Å². The van der Waals surface area contributed by atoms with Crippen LogP contribution >= 0.6 is 11.3 Å². The summed E-state index contributed by atoms with van der Waals surface area (Å²) in [6.07, 6.45) is -4.54. The Morgan fingerprint density at radius 2 is 1.92 bits per heavy atom. The Morgan fingerprint density at radius 1 is 1.15 bits per heavy atom. The van der Waals surface area contributed by atoms with E-state index in [9.17, 15) is 18.0 Å². The van der Waals surface area contributed by atoms with E-state index in [0.29, 0.717) is 22.5 Å². The quantitative estimate of drug-likeness (QED) is 0.560. The summed E-state index contributed by atoms with van der Waals surface area (Å²) in [5.74, 6) is 0.577. The van der Waals surface area contributed by atoms with Crippen molar-refractivity contribution in [3.8, 4) is 5.69 Å². The summed E-state index contributed by atoms with van der Waals surface area (Å²) in [5, 5.41) is 0. The molecule has 4 aromatic rings. The van der Waals surface area contributed by atoms with Crippen LogP contribution in [-0.2, 0) is 6.18 Å². The number of aromatic amines is 1. The minimum absolute atomic E-state index is 0.0285. The molecule has 134 valence electrons. The number of pyridine rings is 1. The molecule has 0 aliphatic rings. The van der Waals surface area contributed by atoms with Gasteiger partial charge in [0.2, 0.25) is 0 Å². The number of halogens is 3. The van der Waals surface area contributed by atoms with Crippen LogP contribution in [0.15, 0.2) is 35.1 Å². The van der Waals surface area contributed by atoms with Crippen LogP contribution in [0.25, 0.3) is 27.1 Å². The molecule has 0 spiro atoms. The van der Waals surface area contributed by atoms with Gasteiger partial charge in [-0.25, -0.2) is 9.97 Å². The molecule has 0 unspecified atom stereocenters. The molecule has 1 aromatic carbocycles. The Kier molecular flexibility index (Phi) is 3.65. The molecule has 0 saturated heterocycles. The van der Waals surface area contributed by atoms with Gasteiger partial charge in [-0.1, -0.05) is 25.2 Å². The number of H-pyrrole nitrogens is 1. The summed E-state index contributed by atoms with van der Waals surface area (Å²) in [6.45, 7) is 3.82. The van der Waals surface area contributed by atoms with Gasteiger partial charge in [-0.15, -0.1) is 0 Å². The number of thiazole rings is 1. The van der Waals surface area contributed by atoms with Crippen LogP contribution in [0.5, 0.6) is 0 Å². The Morgan fingerprint density at radius 3 is 2.62 bits per heavy atom. The SMILES string of the molecule is CC(C)c1nc2ccc(C(F)(F)F)nc2n1-c1ccc2[nH]c(=O)sc2c1. The summed E-state index contributed by atoms with van der Waals surface area (Å²) in [6, 6.07) is 7.49. The molecule has 0 aliphatic carbocycles. The van der Waals surface area contributed by atoms with Crippen LogP contribution in [0.2, 0.25) is 0 Å². The van der Waals surface area contributed by atoms with Crippen LogP contribution in [-0.4, -0.2) is 19.5 Å². The first kappa shape index (κ1) is 16.8. The predicted molar refractivity (Wildman–Crippen MR) is 94.0 cm³/mol. The number of rotatable bonds is 2. The lowest BCUT2D eigenvalue weighted by Gasteiger charge is -2.12. The van der Waals surface area contributed by atoms with Crippen molar-refractivity contribution in [2.45, 2.75) is 25.9 Å². The van der Waals surface area contributed by atoms with Crippen molar-refractivity contribution in [3.05, 3.63) is 51.5 Å². The molecule has 0 saturated carbocycles. The molecule has 3 aromatic heterocycles. The molecular weight excluding hydrogens is 365 g/mol. The highest BCUT2D eigenvalue weighted by molar-refractivity contribution is 7.16. The van der Waals surface area contributed by atoms with E-state index in [1.165, 1.54) is 6.07 Å². The van der Waals surface area contributed by atoms with Gasteiger partial charge in [0.25, 0.3) is 0 Å². The highest BCUT2D eigenvalue weighted by atomic mass is 32.1. The number of hydrogen-bond acceptors (Lipinski definition) is 4. The second-order valence-corrected chi connectivity index (χ2v) is 7.21. The molecule has 0 bridgehead atoms. The van der Waals surface area contributed by atoms with Crippen molar-refractivity contribution >= 4 is 32.7 Å². The van der Waals surface area contributed by atoms with Gasteiger partial charge in [-0.05, 0) is 30.3 Å². The number of hydrogen-bond donors (Lipinski definition) is 1. The smallest absolute Gasteiger partial charge is 0.312 e. The Balaban J connectivity index is 2.03. The van der Waals surface area contributed by atoms with Crippen molar-refractivity contribution in [1.82, 2.24) is 19.5 Å². The van der Waals surface area contributed by atoms with E-state index in [0.717, 1.165) is 22.1 Å². The van der Waals surface area contributed by atoms with E-state index in [-0.39, 0.29) is 16.4 Å². The first-order chi connectivity index (χ1) is 12.2. The zero-order valence-corrected chi connectivity index (χ0v) is 14.6. The minimum Gasteiger partial charge on any atom is -0.312 e. The van der Waals surface area contributed by atoms with Gasteiger partial charge >= 0.3 is 11.0 Å². The maximum Gasteiger partial charge on any atom is 0.433 e. The second-order valence-electron chi connectivity index (χ2n) is 6.19. The van der Waals surface area contributed by atoms with E-state index < -0.39 is 11.9 Å². The van der Waals surface area contributed by atoms with E-state index >= 15 is 0 Å². The number of alkyl halides is 3. The van der Waals surface area contributed by atoms with Gasteiger partial charge in [-0.3, -0.25) is 9.36 Å². The first-order valence-electron chi connectivity index (χ1n) is 7.84. The van der Waals surface area contributed by atoms with Crippen LogP contribution in [0.3, 0.4) is 0 Å². The lowest BCUT2D eigenvalue weighted by molar-refractivity contribution is -0.141. The molecule has 5 nitrogen and oxygen atoms in total. The monoisotopic (exact) mass is 378 g/mol. The molecule has 26 heavy (non-hydrogen) atoms. The highest BCUT2D eigenvalue weighted by Gasteiger charge is 2.33. The standard InChI is InChI=1S/C17H13F3N4OS/c1-8(2)14-21-11-5-6-13(17(18,19)20)23-15(11)24(14)9-3-4-10-12(7-9)26-16(25)22-10/h3-8H,1-2H3,(H,22,25). The van der Waals surface area contributed by atoms with Crippen LogP contribution in [0, 0.1) is 0 Å². The van der Waals surface area contributed by atoms with Gasteiger partial charge in [0.05, 0.1) is 15.9 Å². The molecule has 0 amide bonds. The fraction of sp³-hybridized carbons (Fsp3) is 0.235. The number of imidazole rings is 1. The Bertz CT molecular complexity index is 1190. The number of nitrogens with one attached hydrogen (secondary N) is 1. The van der Waals surface area contributed by atoms with Crippen molar-refractivity contribution in [3.63, 3.8) is 0 Å². The highest BCUT2D eigenvalue weighted by Crippen LogP contribution is 2.32. The van der Waals surface area contributed by atoms with Gasteiger partial charge in [-0.2, -0.15) is 13.2 Å². The third-order valence-corrected chi connectivity index (χ3v) is 4.85. The predicted octanol–water partition coefficient (Wildman–Crippen LogP) is 4.47. The molecule has 0 fully saturated rings. The lowest BCUT2D eigenvalue weighted by atomic mass is 10.2. The van der Waals surface area contributed by atoms with Crippen LogP contribution in [0.1, 0.15) is 31.3 Å². The first-order valence-corrected chi connectivity index (χ1v) is 8.65. The largest absolute Gasteiger partial charge is 0.433 e. The fourth-order valence-corrected chi connectivity index (χ4v) is 3.62. The minimum atomic E-state index is -4.54. The van der Waals surface area contributed by atoms with Gasteiger partial charge in [0, 0.05) is 5.92 Å². The molecule has 0 atom stereocenters. The molecular formula is C17H13F3N4OS. The van der Waals surface area contributed by atoms with Crippen LogP contribution < -0.4 is 4.87 Å². The number of benzene rings is 1. The van der Waals surface area contributed by atoms with Crippen molar-refractivity contribution < 1.29 is 13.2 Å². The zero-order valence-electron chi connectivity index (χ0n) is 13.8. The van der Waals surface area contributed by atoms with Crippen molar-refractivity contribution in [2.75, 3.05) is 0 Å². The van der Waals surface area contributed by atoms with E-state index in [4.69, 9.17) is 0 Å². The van der Waals surface area contributed by atoms with E-state index in [2.05, 4.69) is 15.0 Å². The number of fused-ring (bicyclic) bond motifs is 2. The topological polar surface area (TPSA) is 63.6 Å². The summed E-state index contributed by atoms with van der Waals surface area (Å²) in [4.78, 5) is 22.3. The molecule has 1 N–H and O–H groups in total. The average Bonchev–Trinajstić information content (AvgIpc) is 3.11. The molecule has 0 radical (unpaired) electrons. The van der Waals surface area contributed by atoms with Gasteiger partial charge in [0.15, 0.2) is 5.65 Å². The average molecular weight is 378 g/mol. The molecule has 9 heteroatoms. The third-order valence-electron chi connectivity index (χ3n) is 4.00. The normalized spacial score (nSPS) is 12.5. The Hall–Kier alpha value is -2.68. The van der Waals surface area contributed by atoms with Gasteiger partial charge < -0.3 is 4.98 Å². The number of aromatic nitrogens is 4. The number of nitrogens with zero attached hydrogens (tertiary/aromatic N) is 3. The maximum absolute atomic E-state index is 13.1. The van der Waals surface area contributed by atoms with E-state index in [1.807, 2.05) is 13.8 Å². The van der Waals surface area contributed by atoms with Crippen molar-refractivity contribution in [1.29, 1.82) is 0 Å². The van der Waals surface area contributed by atoms with Gasteiger partial charge in [0.1, 0.15) is 17.0 Å². The zero-order chi connectivity index (χ0) is 18.6. The fourth-order valence-electron chi connectivity index (χ4n) is 2.85. The summed E-state index contributed by atoms with van der Waals surface area (Å²) in [7, 11) is 0. The summed E-state index contributed by atoms with van der Waals surface area (Å²) in [5.41, 5.74) is 0.873. The van der Waals surface area contributed by atoms with Crippen molar-refractivity contribution in [2.24, 2.45) is 0 Å².